The first-order valence-electron chi connectivity index (χ1n) is 7.20. The van der Waals surface area contributed by atoms with Crippen molar-refractivity contribution >= 4 is 22.0 Å². The molecule has 0 aliphatic heterocycles. The monoisotopic (exact) mass is 311 g/mol. The maximum Gasteiger partial charge on any atom is 0.214 e. The lowest BCUT2D eigenvalue weighted by Crippen LogP contribution is -2.07. The predicted molar refractivity (Wildman–Crippen MR) is 89.3 cm³/mol. The highest BCUT2D eigenvalue weighted by Crippen LogP contribution is 2.28. The summed E-state index contributed by atoms with van der Waals surface area (Å²) in [6.07, 6.45) is 1.96. The lowest BCUT2D eigenvalue weighted by Gasteiger charge is -2.12. The molecule has 0 saturated heterocycles. The minimum atomic E-state index is 0.506. The first kappa shape index (κ1) is 14.5. The second-order valence-corrected chi connectivity index (χ2v) is 6.34. The Morgan fingerprint density at radius 1 is 1.27 bits per heavy atom. The highest BCUT2D eigenvalue weighted by molar-refractivity contribution is 7.16. The lowest BCUT2D eigenvalue weighted by molar-refractivity contribution is 0.843. The van der Waals surface area contributed by atoms with Crippen LogP contribution >= 0.6 is 11.3 Å². The normalized spacial score (nSPS) is 10.8. The van der Waals surface area contributed by atoms with E-state index in [-0.39, 0.29) is 0 Å². The molecule has 0 N–H and O–H groups in total. The van der Waals surface area contributed by atoms with Gasteiger partial charge in [0.2, 0.25) is 4.96 Å². The van der Waals surface area contributed by atoms with Crippen LogP contribution < -0.4 is 4.90 Å². The molecule has 0 bridgehead atoms. The van der Waals surface area contributed by atoms with E-state index in [1.807, 2.05) is 43.3 Å². The Morgan fingerprint density at radius 2 is 2.00 bits per heavy atom. The molecule has 6 heteroatoms. The topological polar surface area (TPSA) is 57.2 Å². The zero-order chi connectivity index (χ0) is 15.7. The van der Waals surface area contributed by atoms with Gasteiger partial charge >= 0.3 is 0 Å². The Bertz CT molecular complexity index is 836. The summed E-state index contributed by atoms with van der Waals surface area (Å²) < 4.78 is 1.67. The van der Waals surface area contributed by atoms with Crippen LogP contribution in [-0.4, -0.2) is 28.7 Å². The first-order valence-corrected chi connectivity index (χ1v) is 8.02. The van der Waals surface area contributed by atoms with Gasteiger partial charge in [0.15, 0.2) is 5.69 Å². The van der Waals surface area contributed by atoms with Gasteiger partial charge in [-0.2, -0.15) is 14.9 Å². The van der Waals surface area contributed by atoms with E-state index < -0.39 is 0 Å². The minimum absolute atomic E-state index is 0.506. The second kappa shape index (κ2) is 5.78. The Balaban J connectivity index is 2.07. The zero-order valence-electron chi connectivity index (χ0n) is 12.9. The van der Waals surface area contributed by atoms with Crippen LogP contribution in [0.2, 0.25) is 0 Å². The second-order valence-electron chi connectivity index (χ2n) is 5.30. The molecule has 0 aliphatic carbocycles. The van der Waals surface area contributed by atoms with Crippen molar-refractivity contribution in [2.45, 2.75) is 19.8 Å². The minimum Gasteiger partial charge on any atom is -0.378 e. The number of rotatable bonds is 4. The van der Waals surface area contributed by atoms with Crippen LogP contribution in [0.3, 0.4) is 0 Å². The van der Waals surface area contributed by atoms with Crippen molar-refractivity contribution in [3.8, 4) is 17.3 Å². The lowest BCUT2D eigenvalue weighted by atomic mass is 10.1. The SMILES string of the molecule is CCCc1nn2c(C#N)c(-c3ccc(N(C)C)cc3)nc2s1. The molecule has 112 valence electrons. The van der Waals surface area contributed by atoms with E-state index in [1.165, 1.54) is 0 Å². The maximum atomic E-state index is 9.49. The molecular weight excluding hydrogens is 294 g/mol. The van der Waals surface area contributed by atoms with E-state index in [1.54, 1.807) is 15.9 Å². The van der Waals surface area contributed by atoms with Crippen LogP contribution in [0.5, 0.6) is 0 Å². The molecule has 0 spiro atoms. The molecular formula is C16H17N5S. The van der Waals surface area contributed by atoms with Gasteiger partial charge < -0.3 is 4.90 Å². The van der Waals surface area contributed by atoms with Gasteiger partial charge in [0.05, 0.1) is 0 Å². The summed E-state index contributed by atoms with van der Waals surface area (Å²) >= 11 is 1.56. The molecule has 3 rings (SSSR count). The van der Waals surface area contributed by atoms with E-state index in [0.29, 0.717) is 11.4 Å². The average Bonchev–Trinajstić information content (AvgIpc) is 3.04. The number of hydrogen-bond donors (Lipinski definition) is 0. The summed E-state index contributed by atoms with van der Waals surface area (Å²) in [4.78, 5) is 7.44. The fourth-order valence-electron chi connectivity index (χ4n) is 2.32. The van der Waals surface area contributed by atoms with Crippen molar-refractivity contribution in [3.63, 3.8) is 0 Å². The van der Waals surface area contributed by atoms with Gasteiger partial charge in [-0.3, -0.25) is 0 Å². The number of nitrogens with zero attached hydrogens (tertiary/aromatic N) is 5. The fraction of sp³-hybridized carbons (Fsp3) is 0.312. The van der Waals surface area contributed by atoms with E-state index in [4.69, 9.17) is 0 Å². The highest BCUT2D eigenvalue weighted by Gasteiger charge is 2.17. The van der Waals surface area contributed by atoms with E-state index in [0.717, 1.165) is 34.1 Å². The Kier molecular flexibility index (Phi) is 3.82. The van der Waals surface area contributed by atoms with Gasteiger partial charge in [-0.15, -0.1) is 0 Å². The summed E-state index contributed by atoms with van der Waals surface area (Å²) in [5.74, 6) is 0. The number of benzene rings is 1. The number of aromatic nitrogens is 3. The average molecular weight is 311 g/mol. The molecule has 2 heterocycles. The number of anilines is 1. The fourth-order valence-corrected chi connectivity index (χ4v) is 3.32. The van der Waals surface area contributed by atoms with Gasteiger partial charge in [-0.05, 0) is 18.6 Å². The van der Waals surface area contributed by atoms with Gasteiger partial charge in [0, 0.05) is 31.8 Å². The molecule has 0 amide bonds. The molecule has 0 saturated carbocycles. The molecule has 5 nitrogen and oxygen atoms in total. The Hall–Kier alpha value is -2.39. The van der Waals surface area contributed by atoms with Crippen LogP contribution in [0.1, 0.15) is 24.0 Å². The largest absolute Gasteiger partial charge is 0.378 e. The molecule has 3 aromatic rings. The van der Waals surface area contributed by atoms with E-state index >= 15 is 0 Å². The molecule has 0 radical (unpaired) electrons. The molecule has 0 unspecified atom stereocenters. The Labute approximate surface area is 133 Å². The summed E-state index contributed by atoms with van der Waals surface area (Å²) in [6.45, 7) is 2.12. The summed E-state index contributed by atoms with van der Waals surface area (Å²) in [5, 5.41) is 15.0. The Morgan fingerprint density at radius 3 is 2.59 bits per heavy atom. The van der Waals surface area contributed by atoms with E-state index in [2.05, 4.69) is 23.1 Å². The van der Waals surface area contributed by atoms with Gasteiger partial charge in [-0.1, -0.05) is 30.4 Å². The highest BCUT2D eigenvalue weighted by atomic mass is 32.1. The summed E-state index contributed by atoms with van der Waals surface area (Å²) in [6, 6.07) is 10.3. The van der Waals surface area contributed by atoms with Crippen molar-refractivity contribution in [3.05, 3.63) is 35.0 Å². The van der Waals surface area contributed by atoms with Crippen molar-refractivity contribution < 1.29 is 0 Å². The van der Waals surface area contributed by atoms with Crippen molar-refractivity contribution in [2.24, 2.45) is 0 Å². The van der Waals surface area contributed by atoms with Crippen molar-refractivity contribution in [1.82, 2.24) is 14.6 Å². The maximum absolute atomic E-state index is 9.49. The zero-order valence-corrected chi connectivity index (χ0v) is 13.7. The number of fused-ring (bicyclic) bond motifs is 1. The summed E-state index contributed by atoms with van der Waals surface area (Å²) in [5.41, 5.74) is 3.27. The van der Waals surface area contributed by atoms with Crippen molar-refractivity contribution in [1.29, 1.82) is 5.26 Å². The van der Waals surface area contributed by atoms with Gasteiger partial charge in [-0.25, -0.2) is 4.98 Å². The smallest absolute Gasteiger partial charge is 0.214 e. The molecule has 22 heavy (non-hydrogen) atoms. The molecule has 0 aliphatic rings. The number of imidazole rings is 1. The van der Waals surface area contributed by atoms with Crippen LogP contribution in [0.25, 0.3) is 16.2 Å². The number of aryl methyl sites for hydroxylation is 1. The van der Waals surface area contributed by atoms with Crippen LogP contribution in [0.15, 0.2) is 24.3 Å². The van der Waals surface area contributed by atoms with Crippen LogP contribution in [-0.2, 0) is 6.42 Å². The van der Waals surface area contributed by atoms with E-state index in [9.17, 15) is 5.26 Å². The summed E-state index contributed by atoms with van der Waals surface area (Å²) in [7, 11) is 4.00. The van der Waals surface area contributed by atoms with Gasteiger partial charge in [0.25, 0.3) is 0 Å². The molecule has 1 aromatic carbocycles. The first-order chi connectivity index (χ1) is 10.6. The quantitative estimate of drug-likeness (QED) is 0.741. The molecule has 0 fully saturated rings. The third kappa shape index (κ3) is 2.44. The molecule has 0 atom stereocenters. The standard InChI is InChI=1S/C16H17N5S/c1-4-5-14-19-21-13(10-17)15(18-16(21)22-14)11-6-8-12(9-7-11)20(2)3/h6-9H,4-5H2,1-3H3. The molecule has 2 aromatic heterocycles. The van der Waals surface area contributed by atoms with Crippen LogP contribution in [0.4, 0.5) is 5.69 Å². The third-order valence-electron chi connectivity index (χ3n) is 3.47. The predicted octanol–water partition coefficient (Wildman–Crippen LogP) is 3.35. The van der Waals surface area contributed by atoms with Crippen molar-refractivity contribution in [2.75, 3.05) is 19.0 Å². The van der Waals surface area contributed by atoms with Gasteiger partial charge in [0.1, 0.15) is 16.8 Å². The third-order valence-corrected chi connectivity index (χ3v) is 4.44. The number of hydrogen-bond acceptors (Lipinski definition) is 5. The number of nitriles is 1. The van der Waals surface area contributed by atoms with Crippen LogP contribution in [0, 0.1) is 11.3 Å².